The third-order valence-electron chi connectivity index (χ3n) is 3.48. The monoisotopic (exact) mass is 244 g/mol. The molecular weight excluding hydrogens is 224 g/mol. The number of hydrogen-bond donors (Lipinski definition) is 0. The van der Waals surface area contributed by atoms with Gasteiger partial charge in [-0.15, -0.1) is 0 Å². The number of morpholine rings is 1. The summed E-state index contributed by atoms with van der Waals surface area (Å²) in [6.45, 7) is 5.65. The van der Waals surface area contributed by atoms with Gasteiger partial charge in [0.25, 0.3) is 0 Å². The Labute approximate surface area is 109 Å². The molecule has 1 aromatic rings. The average Bonchev–Trinajstić information content (AvgIpc) is 2.42. The average molecular weight is 244 g/mol. The highest BCUT2D eigenvalue weighted by Gasteiger charge is 2.22. The first-order chi connectivity index (χ1) is 8.85. The smallest absolute Gasteiger partial charge is 0.0995 e. The van der Waals surface area contributed by atoms with Crippen LogP contribution in [0, 0.1) is 11.3 Å². The van der Waals surface area contributed by atoms with Crippen molar-refractivity contribution in [2.75, 3.05) is 19.8 Å². The van der Waals surface area contributed by atoms with Crippen molar-refractivity contribution in [3.05, 3.63) is 35.4 Å². The molecule has 1 fully saturated rings. The lowest BCUT2D eigenvalue weighted by atomic mass is 10.1. The number of nitriles is 1. The van der Waals surface area contributed by atoms with E-state index in [4.69, 9.17) is 10.00 Å². The summed E-state index contributed by atoms with van der Waals surface area (Å²) in [5.41, 5.74) is 1.92. The first-order valence-corrected chi connectivity index (χ1v) is 6.65. The van der Waals surface area contributed by atoms with E-state index in [1.54, 1.807) is 0 Å². The molecule has 1 aliphatic rings. The molecule has 3 nitrogen and oxygen atoms in total. The van der Waals surface area contributed by atoms with Gasteiger partial charge >= 0.3 is 0 Å². The highest BCUT2D eigenvalue weighted by atomic mass is 16.5. The molecule has 0 bridgehead atoms. The quantitative estimate of drug-likeness (QED) is 0.816. The van der Waals surface area contributed by atoms with Gasteiger partial charge in [0.2, 0.25) is 0 Å². The predicted molar refractivity (Wildman–Crippen MR) is 71.1 cm³/mol. The molecule has 96 valence electrons. The lowest BCUT2D eigenvalue weighted by molar-refractivity contribution is -0.0147. The summed E-state index contributed by atoms with van der Waals surface area (Å²) in [6.07, 6.45) is 2.33. The topological polar surface area (TPSA) is 36.3 Å². The SMILES string of the molecule is CCCC1COCCN1Cc1ccccc1C#N. The van der Waals surface area contributed by atoms with Gasteiger partial charge in [-0.25, -0.2) is 0 Å². The van der Waals surface area contributed by atoms with Crippen molar-refractivity contribution in [3.63, 3.8) is 0 Å². The van der Waals surface area contributed by atoms with Gasteiger partial charge in [0.15, 0.2) is 0 Å². The van der Waals surface area contributed by atoms with Crippen molar-refractivity contribution in [2.45, 2.75) is 32.4 Å². The van der Waals surface area contributed by atoms with Gasteiger partial charge in [-0.1, -0.05) is 31.5 Å². The molecule has 0 amide bonds. The summed E-state index contributed by atoms with van der Waals surface area (Å²) in [4.78, 5) is 2.45. The third-order valence-corrected chi connectivity index (χ3v) is 3.48. The summed E-state index contributed by atoms with van der Waals surface area (Å²) >= 11 is 0. The standard InChI is InChI=1S/C15H20N2O/c1-2-5-15-12-18-9-8-17(15)11-14-7-4-3-6-13(14)10-16/h3-4,6-7,15H,2,5,8-9,11-12H2,1H3. The second kappa shape index (κ2) is 6.53. The van der Waals surface area contributed by atoms with Crippen LogP contribution in [0.5, 0.6) is 0 Å². The predicted octanol–water partition coefficient (Wildman–Crippen LogP) is 2.56. The molecule has 1 heterocycles. The van der Waals surface area contributed by atoms with E-state index in [9.17, 15) is 0 Å². The number of nitrogens with zero attached hydrogens (tertiary/aromatic N) is 2. The lowest BCUT2D eigenvalue weighted by Gasteiger charge is -2.35. The van der Waals surface area contributed by atoms with Crippen LogP contribution in [-0.2, 0) is 11.3 Å². The first-order valence-electron chi connectivity index (χ1n) is 6.65. The fourth-order valence-electron chi connectivity index (χ4n) is 2.48. The molecule has 0 aliphatic carbocycles. The fraction of sp³-hybridized carbons (Fsp3) is 0.533. The second-order valence-electron chi connectivity index (χ2n) is 4.76. The van der Waals surface area contributed by atoms with E-state index >= 15 is 0 Å². The molecule has 0 radical (unpaired) electrons. The Morgan fingerprint density at radius 1 is 1.44 bits per heavy atom. The van der Waals surface area contributed by atoms with Crippen LogP contribution in [-0.4, -0.2) is 30.7 Å². The van der Waals surface area contributed by atoms with Crippen LogP contribution in [0.2, 0.25) is 0 Å². The van der Waals surface area contributed by atoms with Crippen LogP contribution in [0.15, 0.2) is 24.3 Å². The summed E-state index contributed by atoms with van der Waals surface area (Å²) in [7, 11) is 0. The van der Waals surface area contributed by atoms with Gasteiger partial charge in [-0.3, -0.25) is 4.90 Å². The Bertz CT molecular complexity index is 423. The highest BCUT2D eigenvalue weighted by Crippen LogP contribution is 2.18. The Kier molecular flexibility index (Phi) is 4.74. The third kappa shape index (κ3) is 3.10. The van der Waals surface area contributed by atoms with Crippen LogP contribution >= 0.6 is 0 Å². The number of rotatable bonds is 4. The Morgan fingerprint density at radius 2 is 2.28 bits per heavy atom. The van der Waals surface area contributed by atoms with Gasteiger partial charge in [-0.2, -0.15) is 5.26 Å². The molecule has 0 spiro atoms. The molecular formula is C15H20N2O. The van der Waals surface area contributed by atoms with Crippen LogP contribution in [0.4, 0.5) is 0 Å². The van der Waals surface area contributed by atoms with E-state index in [0.29, 0.717) is 6.04 Å². The molecule has 0 saturated carbocycles. The molecule has 3 heteroatoms. The molecule has 1 aliphatic heterocycles. The first kappa shape index (κ1) is 13.1. The molecule has 1 unspecified atom stereocenters. The van der Waals surface area contributed by atoms with Gasteiger partial charge in [0.05, 0.1) is 24.8 Å². The van der Waals surface area contributed by atoms with Gasteiger partial charge in [0, 0.05) is 19.1 Å². The lowest BCUT2D eigenvalue weighted by Crippen LogP contribution is -2.44. The Hall–Kier alpha value is -1.37. The van der Waals surface area contributed by atoms with Crippen LogP contribution in [0.3, 0.4) is 0 Å². The second-order valence-corrected chi connectivity index (χ2v) is 4.76. The van der Waals surface area contributed by atoms with E-state index in [-0.39, 0.29) is 0 Å². The van der Waals surface area contributed by atoms with Crippen LogP contribution < -0.4 is 0 Å². The van der Waals surface area contributed by atoms with Crippen molar-refractivity contribution < 1.29 is 4.74 Å². The van der Waals surface area contributed by atoms with Crippen LogP contribution in [0.25, 0.3) is 0 Å². The van der Waals surface area contributed by atoms with E-state index in [1.807, 2.05) is 18.2 Å². The molecule has 0 N–H and O–H groups in total. The largest absolute Gasteiger partial charge is 0.378 e. The highest BCUT2D eigenvalue weighted by molar-refractivity contribution is 5.37. The molecule has 0 aromatic heterocycles. The molecule has 1 aromatic carbocycles. The Morgan fingerprint density at radius 3 is 3.06 bits per heavy atom. The zero-order valence-electron chi connectivity index (χ0n) is 10.9. The van der Waals surface area contributed by atoms with Gasteiger partial charge < -0.3 is 4.74 Å². The summed E-state index contributed by atoms with van der Waals surface area (Å²) in [5, 5.41) is 9.12. The van der Waals surface area contributed by atoms with Crippen LogP contribution in [0.1, 0.15) is 30.9 Å². The fourth-order valence-corrected chi connectivity index (χ4v) is 2.48. The van der Waals surface area contributed by atoms with Crippen molar-refractivity contribution in [1.29, 1.82) is 5.26 Å². The van der Waals surface area contributed by atoms with Crippen molar-refractivity contribution >= 4 is 0 Å². The van der Waals surface area contributed by atoms with E-state index < -0.39 is 0 Å². The zero-order chi connectivity index (χ0) is 12.8. The summed E-state index contributed by atoms with van der Waals surface area (Å²) in [5.74, 6) is 0. The summed E-state index contributed by atoms with van der Waals surface area (Å²) < 4.78 is 5.55. The maximum Gasteiger partial charge on any atom is 0.0995 e. The minimum Gasteiger partial charge on any atom is -0.378 e. The number of benzene rings is 1. The maximum absolute atomic E-state index is 9.12. The minimum absolute atomic E-state index is 0.496. The molecule has 2 rings (SSSR count). The maximum atomic E-state index is 9.12. The van der Waals surface area contributed by atoms with Crippen molar-refractivity contribution in [2.24, 2.45) is 0 Å². The van der Waals surface area contributed by atoms with Gasteiger partial charge in [-0.05, 0) is 18.1 Å². The minimum atomic E-state index is 0.496. The molecule has 1 atom stereocenters. The summed E-state index contributed by atoms with van der Waals surface area (Å²) in [6, 6.07) is 10.6. The van der Waals surface area contributed by atoms with E-state index in [2.05, 4.69) is 24.0 Å². The van der Waals surface area contributed by atoms with Gasteiger partial charge in [0.1, 0.15) is 0 Å². The normalized spacial score (nSPS) is 20.6. The van der Waals surface area contributed by atoms with Crippen molar-refractivity contribution in [3.8, 4) is 6.07 Å². The molecule has 1 saturated heterocycles. The number of hydrogen-bond acceptors (Lipinski definition) is 3. The molecule has 18 heavy (non-hydrogen) atoms. The van der Waals surface area contributed by atoms with E-state index in [1.165, 1.54) is 6.42 Å². The number of ether oxygens (including phenoxy) is 1. The zero-order valence-corrected chi connectivity index (χ0v) is 10.9. The van der Waals surface area contributed by atoms with Crippen molar-refractivity contribution in [1.82, 2.24) is 4.90 Å². The van der Waals surface area contributed by atoms with E-state index in [0.717, 1.165) is 43.9 Å². The Balaban J connectivity index is 2.09.